The zero-order valence-corrected chi connectivity index (χ0v) is 14.0. The summed E-state index contributed by atoms with van der Waals surface area (Å²) in [5, 5.41) is 0. The maximum absolute atomic E-state index is 5.43. The molecule has 0 N–H and O–H groups in total. The van der Waals surface area contributed by atoms with E-state index in [1.54, 1.807) is 0 Å². The van der Waals surface area contributed by atoms with Crippen molar-refractivity contribution in [2.75, 3.05) is 0 Å². The summed E-state index contributed by atoms with van der Waals surface area (Å²) >= 11 is 0. The normalized spacial score (nSPS) is 20.2. The third-order valence-electron chi connectivity index (χ3n) is 0. The van der Waals surface area contributed by atoms with Gasteiger partial charge >= 0.3 is 116 Å². The summed E-state index contributed by atoms with van der Waals surface area (Å²) in [6.07, 6.45) is 0. The summed E-state index contributed by atoms with van der Waals surface area (Å²) in [4.78, 5) is 0. The fourth-order valence-electron chi connectivity index (χ4n) is 0. The van der Waals surface area contributed by atoms with Gasteiger partial charge in [-0.2, -0.15) is 0 Å². The maximum atomic E-state index is 5.06. The van der Waals surface area contributed by atoms with Gasteiger partial charge in [-0.15, -0.1) is 0 Å². The molecule has 51 valence electrons. The van der Waals surface area contributed by atoms with Crippen LogP contribution in [0.25, 0.3) is 0 Å². The molecule has 8 heavy (non-hydrogen) atoms. The molecule has 8 heteroatoms. The first-order valence-electron chi connectivity index (χ1n) is 0.857. The van der Waals surface area contributed by atoms with Crippen molar-refractivity contribution >= 4 is 57.2 Å². The van der Waals surface area contributed by atoms with Crippen molar-refractivity contribution in [2.24, 2.45) is 0 Å². The molecule has 0 aromatic rings. The van der Waals surface area contributed by atoms with E-state index >= 15 is 0 Å². The number of hydrogen-bond acceptors (Lipinski definition) is 0. The molecular formula is Cl6KRe-. The third-order valence-corrected chi connectivity index (χ3v) is 0. The quantitative estimate of drug-likeness (QED) is 0.498. The van der Waals surface area contributed by atoms with Crippen LogP contribution in [0, 0.1) is 0 Å². The Morgan fingerprint density at radius 2 is 0.625 bits per heavy atom. The van der Waals surface area contributed by atoms with Crippen LogP contribution in [0.1, 0.15) is 0 Å². The molecule has 0 spiro atoms. The Labute approximate surface area is 112 Å². The average Bonchev–Trinajstić information content (AvgIpc) is 0.592. The van der Waals surface area contributed by atoms with Crippen LogP contribution in [-0.4, -0.2) is 0 Å². The minimum atomic E-state index is -5.43. The van der Waals surface area contributed by atoms with Crippen molar-refractivity contribution < 1.29 is 58.4 Å². The van der Waals surface area contributed by atoms with Gasteiger partial charge in [0.15, 0.2) is 0 Å². The molecule has 0 saturated heterocycles. The summed E-state index contributed by atoms with van der Waals surface area (Å²) in [6.45, 7) is -5.43. The first kappa shape index (κ1) is 14.6. The SMILES string of the molecule is [Cl][Re-2]([Cl])([Cl])([Cl])([Cl])[Cl].[K+]. The second-order valence-corrected chi connectivity index (χ2v) is 59.7. The molecule has 0 saturated carbocycles. The largest absolute Gasteiger partial charge is 1.00 e. The molecule has 0 bridgehead atoms. The second kappa shape index (κ2) is 3.07. The van der Waals surface area contributed by atoms with E-state index in [1.807, 2.05) is 0 Å². The molecule has 0 unspecified atom stereocenters. The van der Waals surface area contributed by atoms with Gasteiger partial charge in [0.1, 0.15) is 0 Å². The Hall–Kier alpha value is 4.04. The molecular weight excluding hydrogens is 438 g/mol. The average molecular weight is 438 g/mol. The van der Waals surface area contributed by atoms with Gasteiger partial charge in [-0.3, -0.25) is 0 Å². The van der Waals surface area contributed by atoms with Crippen molar-refractivity contribution in [3.63, 3.8) is 0 Å². The van der Waals surface area contributed by atoms with Crippen LogP contribution in [0.15, 0.2) is 0 Å². The van der Waals surface area contributed by atoms with Crippen molar-refractivity contribution in [3.8, 4) is 0 Å². The Balaban J connectivity index is 0. The topological polar surface area (TPSA) is 0 Å². The van der Waals surface area contributed by atoms with Crippen LogP contribution in [-0.2, 0) is 6.97 Å². The van der Waals surface area contributed by atoms with E-state index in [0.29, 0.717) is 0 Å². The molecule has 0 rings (SSSR count). The third kappa shape index (κ3) is 50.3. The Kier molecular flexibility index (Phi) is 5.58. The molecule has 0 fully saturated rings. The van der Waals surface area contributed by atoms with Crippen molar-refractivity contribution in [2.45, 2.75) is 0 Å². The first-order chi connectivity index (χ1) is 2.45. The van der Waals surface area contributed by atoms with Gasteiger partial charge in [0.25, 0.3) is 0 Å². The van der Waals surface area contributed by atoms with Gasteiger partial charge in [-0.25, -0.2) is 0 Å². The molecule has 0 aromatic carbocycles. The molecule has 0 radical (unpaired) electrons. The van der Waals surface area contributed by atoms with Crippen LogP contribution in [0.5, 0.6) is 0 Å². The predicted molar refractivity (Wildman–Crippen MR) is 35.1 cm³/mol. The Morgan fingerprint density at radius 3 is 0.625 bits per heavy atom. The van der Waals surface area contributed by atoms with Crippen molar-refractivity contribution in [1.82, 2.24) is 0 Å². The molecule has 0 aliphatic heterocycles. The molecule has 0 aliphatic rings. The monoisotopic (exact) mass is 436 g/mol. The minimum absolute atomic E-state index is 0. The zero-order valence-electron chi connectivity index (χ0n) is 3.65. The van der Waals surface area contributed by atoms with Crippen LogP contribution >= 0.6 is 57.2 Å². The van der Waals surface area contributed by atoms with Crippen LogP contribution in [0.4, 0.5) is 0 Å². The molecule has 0 atom stereocenters. The number of hydrogen-bond donors (Lipinski definition) is 0. The van der Waals surface area contributed by atoms with E-state index in [4.69, 9.17) is 57.2 Å². The number of rotatable bonds is 0. The summed E-state index contributed by atoms with van der Waals surface area (Å²) < 4.78 is 0. The zero-order chi connectivity index (χ0) is 6.41. The fourth-order valence-corrected chi connectivity index (χ4v) is 0. The van der Waals surface area contributed by atoms with Gasteiger partial charge in [-0.05, 0) is 0 Å². The molecule has 0 aromatic heterocycles. The molecule has 0 aliphatic carbocycles. The van der Waals surface area contributed by atoms with E-state index in [1.165, 1.54) is 0 Å². The van der Waals surface area contributed by atoms with Gasteiger partial charge in [0.05, 0.1) is 0 Å². The smallest absolute Gasteiger partial charge is 1.00 e. The molecule has 0 nitrogen and oxygen atoms in total. The standard InChI is InChI=1S/6ClH.K.Re/h6*1H;;/q;;;;;;+1;+4/p-6. The van der Waals surface area contributed by atoms with Crippen molar-refractivity contribution in [3.05, 3.63) is 0 Å². The van der Waals surface area contributed by atoms with Gasteiger partial charge < -0.3 is 0 Å². The Morgan fingerprint density at radius 1 is 0.625 bits per heavy atom. The van der Waals surface area contributed by atoms with E-state index < -0.39 is 6.97 Å². The van der Waals surface area contributed by atoms with E-state index in [0.717, 1.165) is 0 Å². The number of halogens is 6. The summed E-state index contributed by atoms with van der Waals surface area (Å²) in [7, 11) is 30.4. The van der Waals surface area contributed by atoms with E-state index in [9.17, 15) is 0 Å². The second-order valence-electron chi connectivity index (χ2n) is 0.810. The van der Waals surface area contributed by atoms with Gasteiger partial charge in [0, 0.05) is 0 Å². The van der Waals surface area contributed by atoms with Gasteiger partial charge in [0.2, 0.25) is 0 Å². The Bertz CT molecular complexity index is 67.1. The van der Waals surface area contributed by atoms with E-state index in [-0.39, 0.29) is 51.4 Å². The summed E-state index contributed by atoms with van der Waals surface area (Å²) in [6, 6.07) is 0. The van der Waals surface area contributed by atoms with Gasteiger partial charge in [-0.1, -0.05) is 0 Å². The van der Waals surface area contributed by atoms with Crippen molar-refractivity contribution in [1.29, 1.82) is 0 Å². The maximum Gasteiger partial charge on any atom is 1.00 e. The fraction of sp³-hybridized carbons (Fsp3) is 0. The molecule has 0 heterocycles. The molecule has 0 amide bonds. The van der Waals surface area contributed by atoms with E-state index in [2.05, 4.69) is 0 Å². The summed E-state index contributed by atoms with van der Waals surface area (Å²) in [5.74, 6) is 0. The van der Waals surface area contributed by atoms with Crippen LogP contribution < -0.4 is 51.4 Å². The minimum Gasteiger partial charge on any atom is 1.00 e. The van der Waals surface area contributed by atoms with Crippen LogP contribution in [0.3, 0.4) is 0 Å². The van der Waals surface area contributed by atoms with Crippen LogP contribution in [0.2, 0.25) is 0 Å². The predicted octanol–water partition coefficient (Wildman–Crippen LogP) is 1.14. The first-order valence-corrected chi connectivity index (χ1v) is 21.0. The summed E-state index contributed by atoms with van der Waals surface area (Å²) in [5.41, 5.74) is 0.